The van der Waals surface area contributed by atoms with Gasteiger partial charge in [-0.15, -0.1) is 0 Å². The summed E-state index contributed by atoms with van der Waals surface area (Å²) in [5, 5.41) is 0. The van der Waals surface area contributed by atoms with Crippen molar-refractivity contribution in [3.05, 3.63) is 24.3 Å². The van der Waals surface area contributed by atoms with E-state index in [1.54, 1.807) is 0 Å². The second-order valence-electron chi connectivity index (χ2n) is 5.19. The molecule has 0 radical (unpaired) electrons. The van der Waals surface area contributed by atoms with Gasteiger partial charge in [0.1, 0.15) is 12.6 Å². The third-order valence-corrected chi connectivity index (χ3v) is 3.67. The van der Waals surface area contributed by atoms with E-state index in [0.29, 0.717) is 38.7 Å². The number of para-hydroxylation sites is 2. The highest BCUT2D eigenvalue weighted by Crippen LogP contribution is 2.26. The van der Waals surface area contributed by atoms with Gasteiger partial charge in [0.25, 0.3) is 0 Å². The first-order chi connectivity index (χ1) is 10.6. The van der Waals surface area contributed by atoms with Gasteiger partial charge < -0.3 is 19.9 Å². The first kappa shape index (κ1) is 16.6. The lowest BCUT2D eigenvalue weighted by Gasteiger charge is -2.37. The first-order valence-electron chi connectivity index (χ1n) is 7.63. The number of nitrogens with two attached hydrogens (primary N) is 1. The Bertz CT molecular complexity index is 495. The van der Waals surface area contributed by atoms with Crippen LogP contribution in [-0.4, -0.2) is 55.9 Å². The second-order valence-corrected chi connectivity index (χ2v) is 5.19. The molecule has 6 nitrogen and oxygen atoms in total. The van der Waals surface area contributed by atoms with Crippen LogP contribution in [0.5, 0.6) is 11.5 Å². The molecule has 2 rings (SSSR count). The lowest BCUT2D eigenvalue weighted by atomic mass is 10.1. The van der Waals surface area contributed by atoms with E-state index < -0.39 is 6.04 Å². The van der Waals surface area contributed by atoms with Crippen molar-refractivity contribution in [1.29, 1.82) is 0 Å². The summed E-state index contributed by atoms with van der Waals surface area (Å²) < 4.78 is 16.8. The number of carbonyl (C=O) groups excluding carboxylic acids is 1. The molecule has 0 unspecified atom stereocenters. The molecular weight excluding hydrogens is 284 g/mol. The normalized spacial score (nSPS) is 22.3. The van der Waals surface area contributed by atoms with Crippen molar-refractivity contribution in [3.63, 3.8) is 0 Å². The van der Waals surface area contributed by atoms with Gasteiger partial charge in [0.2, 0.25) is 5.91 Å². The predicted molar refractivity (Wildman–Crippen MR) is 83.1 cm³/mol. The summed E-state index contributed by atoms with van der Waals surface area (Å²) in [6.45, 7) is 6.73. The monoisotopic (exact) mass is 308 g/mol. The van der Waals surface area contributed by atoms with Crippen molar-refractivity contribution in [2.75, 3.05) is 32.9 Å². The SMILES string of the molecule is CCOc1ccccc1OCCN1CCO[C@H](C)[C@H]1C(N)=O. The van der Waals surface area contributed by atoms with Crippen LogP contribution in [0.3, 0.4) is 0 Å². The van der Waals surface area contributed by atoms with Gasteiger partial charge in [-0.05, 0) is 26.0 Å². The quantitative estimate of drug-likeness (QED) is 0.814. The molecule has 1 aliphatic heterocycles. The minimum Gasteiger partial charge on any atom is -0.490 e. The molecular formula is C16H24N2O4. The maximum Gasteiger partial charge on any atom is 0.237 e. The topological polar surface area (TPSA) is 74.0 Å². The molecule has 0 spiro atoms. The van der Waals surface area contributed by atoms with Gasteiger partial charge in [-0.1, -0.05) is 12.1 Å². The Morgan fingerprint density at radius 1 is 1.36 bits per heavy atom. The van der Waals surface area contributed by atoms with Crippen molar-refractivity contribution in [2.45, 2.75) is 26.0 Å². The Morgan fingerprint density at radius 3 is 2.68 bits per heavy atom. The van der Waals surface area contributed by atoms with Crippen molar-refractivity contribution in [2.24, 2.45) is 5.73 Å². The van der Waals surface area contributed by atoms with E-state index in [9.17, 15) is 4.79 Å². The molecule has 1 aromatic rings. The summed E-state index contributed by atoms with van der Waals surface area (Å²) in [6.07, 6.45) is -0.193. The number of primary amides is 1. The highest BCUT2D eigenvalue weighted by molar-refractivity contribution is 5.80. The third kappa shape index (κ3) is 4.11. The van der Waals surface area contributed by atoms with Gasteiger partial charge in [0.05, 0.1) is 19.3 Å². The lowest BCUT2D eigenvalue weighted by Crippen LogP contribution is -2.57. The van der Waals surface area contributed by atoms with Gasteiger partial charge >= 0.3 is 0 Å². The molecule has 122 valence electrons. The van der Waals surface area contributed by atoms with Crippen LogP contribution in [0, 0.1) is 0 Å². The third-order valence-electron chi connectivity index (χ3n) is 3.67. The number of amides is 1. The molecule has 2 N–H and O–H groups in total. The van der Waals surface area contributed by atoms with Crippen LogP contribution in [-0.2, 0) is 9.53 Å². The predicted octanol–water partition coefficient (Wildman–Crippen LogP) is 1.04. The van der Waals surface area contributed by atoms with Crippen LogP contribution in [0.4, 0.5) is 0 Å². The zero-order valence-corrected chi connectivity index (χ0v) is 13.2. The average molecular weight is 308 g/mol. The minimum atomic E-state index is -0.403. The Morgan fingerprint density at radius 2 is 2.05 bits per heavy atom. The molecule has 0 saturated carbocycles. The van der Waals surface area contributed by atoms with Gasteiger partial charge in [-0.3, -0.25) is 9.69 Å². The number of rotatable bonds is 7. The summed E-state index contributed by atoms with van der Waals surface area (Å²) in [7, 11) is 0. The van der Waals surface area contributed by atoms with Crippen molar-refractivity contribution in [1.82, 2.24) is 4.90 Å². The summed E-state index contributed by atoms with van der Waals surface area (Å²) in [4.78, 5) is 13.6. The largest absolute Gasteiger partial charge is 0.490 e. The molecule has 0 bridgehead atoms. The van der Waals surface area contributed by atoms with Crippen molar-refractivity contribution >= 4 is 5.91 Å². The molecule has 6 heteroatoms. The van der Waals surface area contributed by atoms with E-state index in [-0.39, 0.29) is 12.0 Å². The molecule has 1 heterocycles. The van der Waals surface area contributed by atoms with E-state index in [1.165, 1.54) is 0 Å². The molecule has 1 fully saturated rings. The van der Waals surface area contributed by atoms with E-state index in [0.717, 1.165) is 5.75 Å². The van der Waals surface area contributed by atoms with Crippen LogP contribution in [0.2, 0.25) is 0 Å². The van der Waals surface area contributed by atoms with Gasteiger partial charge in [0.15, 0.2) is 11.5 Å². The summed E-state index contributed by atoms with van der Waals surface area (Å²) in [6, 6.07) is 7.16. The van der Waals surface area contributed by atoms with Gasteiger partial charge in [-0.2, -0.15) is 0 Å². The Balaban J connectivity index is 1.91. The first-order valence-corrected chi connectivity index (χ1v) is 7.63. The van der Waals surface area contributed by atoms with Crippen molar-refractivity contribution in [3.8, 4) is 11.5 Å². The molecule has 1 saturated heterocycles. The lowest BCUT2D eigenvalue weighted by molar-refractivity contribution is -0.136. The zero-order chi connectivity index (χ0) is 15.9. The van der Waals surface area contributed by atoms with Gasteiger partial charge in [0, 0.05) is 13.1 Å². The Hall–Kier alpha value is -1.79. The standard InChI is InChI=1S/C16H24N2O4/c1-3-20-13-6-4-5-7-14(13)22-11-9-18-8-10-21-12(2)15(18)16(17)19/h4-7,12,15H,3,8-11H2,1-2H3,(H2,17,19)/t12-,15+/m1/s1. The van der Waals surface area contributed by atoms with Crippen molar-refractivity contribution < 1.29 is 19.0 Å². The van der Waals surface area contributed by atoms with Crippen LogP contribution >= 0.6 is 0 Å². The fourth-order valence-electron chi connectivity index (χ4n) is 2.66. The van der Waals surface area contributed by atoms with E-state index in [1.807, 2.05) is 43.0 Å². The maximum atomic E-state index is 11.6. The fraction of sp³-hybridized carbons (Fsp3) is 0.562. The maximum absolute atomic E-state index is 11.6. The summed E-state index contributed by atoms with van der Waals surface area (Å²) in [5.41, 5.74) is 5.47. The highest BCUT2D eigenvalue weighted by atomic mass is 16.5. The average Bonchev–Trinajstić information content (AvgIpc) is 2.49. The number of morpholine rings is 1. The molecule has 1 aliphatic rings. The van der Waals surface area contributed by atoms with Crippen LogP contribution in [0.1, 0.15) is 13.8 Å². The molecule has 0 aromatic heterocycles. The number of hydrogen-bond donors (Lipinski definition) is 1. The van der Waals surface area contributed by atoms with E-state index >= 15 is 0 Å². The molecule has 2 atom stereocenters. The number of benzene rings is 1. The molecule has 1 amide bonds. The number of carbonyl (C=O) groups is 1. The molecule has 0 aliphatic carbocycles. The number of hydrogen-bond acceptors (Lipinski definition) is 5. The van der Waals surface area contributed by atoms with Gasteiger partial charge in [-0.25, -0.2) is 0 Å². The zero-order valence-electron chi connectivity index (χ0n) is 13.2. The Kier molecular flexibility index (Phi) is 6.03. The van der Waals surface area contributed by atoms with E-state index in [2.05, 4.69) is 0 Å². The Labute approximate surface area is 131 Å². The molecule has 1 aromatic carbocycles. The minimum absolute atomic E-state index is 0.193. The summed E-state index contributed by atoms with van der Waals surface area (Å²) >= 11 is 0. The van der Waals surface area contributed by atoms with E-state index in [4.69, 9.17) is 19.9 Å². The van der Waals surface area contributed by atoms with Crippen LogP contribution in [0.15, 0.2) is 24.3 Å². The molecule has 22 heavy (non-hydrogen) atoms. The van der Waals surface area contributed by atoms with Crippen LogP contribution < -0.4 is 15.2 Å². The number of nitrogens with zero attached hydrogens (tertiary/aromatic N) is 1. The highest BCUT2D eigenvalue weighted by Gasteiger charge is 2.33. The fourth-order valence-corrected chi connectivity index (χ4v) is 2.66. The van der Waals surface area contributed by atoms with Crippen LogP contribution in [0.25, 0.3) is 0 Å². The smallest absolute Gasteiger partial charge is 0.237 e. The number of ether oxygens (including phenoxy) is 3. The summed E-state index contributed by atoms with van der Waals surface area (Å²) in [5.74, 6) is 1.08. The second kappa shape index (κ2) is 8.00.